The van der Waals surface area contributed by atoms with Crippen molar-refractivity contribution >= 4 is 17.5 Å². The van der Waals surface area contributed by atoms with E-state index >= 15 is 0 Å². The summed E-state index contributed by atoms with van der Waals surface area (Å²) in [4.78, 5) is 35.7. The van der Waals surface area contributed by atoms with Crippen molar-refractivity contribution in [2.75, 3.05) is 6.61 Å². The van der Waals surface area contributed by atoms with Crippen LogP contribution in [-0.2, 0) is 23.9 Å². The van der Waals surface area contributed by atoms with Gasteiger partial charge in [-0.25, -0.2) is 0 Å². The first-order chi connectivity index (χ1) is 13.0. The highest BCUT2D eigenvalue weighted by atomic mass is 16.6. The van der Waals surface area contributed by atoms with Crippen LogP contribution in [0.3, 0.4) is 0 Å². The van der Waals surface area contributed by atoms with Gasteiger partial charge in [-0.2, -0.15) is 0 Å². The lowest BCUT2D eigenvalue weighted by atomic mass is 9.81. The molecule has 1 saturated heterocycles. The van der Waals surface area contributed by atoms with Crippen molar-refractivity contribution in [1.82, 2.24) is 0 Å². The van der Waals surface area contributed by atoms with Crippen LogP contribution in [0.2, 0.25) is 0 Å². The maximum atomic E-state index is 12.9. The van der Waals surface area contributed by atoms with E-state index in [9.17, 15) is 24.6 Å². The van der Waals surface area contributed by atoms with Crippen molar-refractivity contribution in [2.45, 2.75) is 70.9 Å². The van der Waals surface area contributed by atoms with E-state index in [1.807, 2.05) is 6.92 Å². The Labute approximate surface area is 166 Å². The van der Waals surface area contributed by atoms with Gasteiger partial charge in [0.2, 0.25) is 0 Å². The first kappa shape index (κ1) is 24.2. The molecule has 0 aromatic heterocycles. The molecule has 1 fully saturated rings. The fourth-order valence-corrected chi connectivity index (χ4v) is 3.35. The van der Waals surface area contributed by atoms with E-state index in [4.69, 9.17) is 9.47 Å². The normalized spacial score (nSPS) is 25.1. The number of hydrogen-bond donors (Lipinski definition) is 2. The molecule has 1 rings (SSSR count). The smallest absolute Gasteiger partial charge is 0.302 e. The first-order valence-electron chi connectivity index (χ1n) is 9.52. The van der Waals surface area contributed by atoms with Crippen molar-refractivity contribution < 1.29 is 34.1 Å². The average Bonchev–Trinajstić information content (AvgIpc) is 3.33. The second-order valence-electron chi connectivity index (χ2n) is 7.58. The molecule has 6 atom stereocenters. The summed E-state index contributed by atoms with van der Waals surface area (Å²) in [5.74, 6) is -2.55. The number of hydrogen-bond acceptors (Lipinski definition) is 7. The summed E-state index contributed by atoms with van der Waals surface area (Å²) in [5, 5.41) is 21.0. The van der Waals surface area contributed by atoms with Crippen molar-refractivity contribution in [3.8, 4) is 0 Å². The van der Waals surface area contributed by atoms with Gasteiger partial charge in [0.1, 0.15) is 18.0 Å². The zero-order valence-electron chi connectivity index (χ0n) is 17.1. The topological polar surface area (TPSA) is 113 Å². The van der Waals surface area contributed by atoms with Crippen molar-refractivity contribution in [1.29, 1.82) is 0 Å². The van der Waals surface area contributed by atoms with E-state index in [1.165, 1.54) is 6.92 Å². The van der Waals surface area contributed by atoms with Gasteiger partial charge >= 0.3 is 5.97 Å². The van der Waals surface area contributed by atoms with E-state index in [1.54, 1.807) is 19.9 Å². The number of Topliss-reactive ketones (excluding diaryl/α,β-unsaturated/α-hetero) is 2. The zero-order chi connectivity index (χ0) is 21.6. The van der Waals surface area contributed by atoms with Crippen LogP contribution in [0.25, 0.3) is 0 Å². The molecule has 7 heteroatoms. The monoisotopic (exact) mass is 396 g/mol. The molecule has 28 heavy (non-hydrogen) atoms. The highest BCUT2D eigenvalue weighted by molar-refractivity contribution is 5.99. The van der Waals surface area contributed by atoms with Gasteiger partial charge in [-0.3, -0.25) is 14.4 Å². The maximum absolute atomic E-state index is 12.9. The molecular weight excluding hydrogens is 364 g/mol. The molecule has 0 spiro atoms. The number of allylic oxidation sites excluding steroid dienone is 1. The molecule has 0 radical (unpaired) electrons. The number of epoxide rings is 1. The summed E-state index contributed by atoms with van der Waals surface area (Å²) in [5.41, 5.74) is -1.19. The van der Waals surface area contributed by atoms with Crippen LogP contribution in [0.1, 0.15) is 47.0 Å². The van der Waals surface area contributed by atoms with Gasteiger partial charge in [-0.05, 0) is 19.3 Å². The number of carbonyl (C=O) groups excluding carboxylic acids is 3. The van der Waals surface area contributed by atoms with Gasteiger partial charge < -0.3 is 19.7 Å². The van der Waals surface area contributed by atoms with Crippen LogP contribution in [0.4, 0.5) is 0 Å². The van der Waals surface area contributed by atoms with Crippen LogP contribution in [0.15, 0.2) is 24.8 Å². The number of ketones is 2. The minimum atomic E-state index is -1.35. The van der Waals surface area contributed by atoms with Crippen molar-refractivity contribution in [3.05, 3.63) is 24.8 Å². The molecule has 7 nitrogen and oxygen atoms in total. The fourth-order valence-electron chi connectivity index (χ4n) is 3.35. The lowest BCUT2D eigenvalue weighted by Gasteiger charge is -2.27. The molecular formula is C21H32O7. The Kier molecular flexibility index (Phi) is 8.73. The number of aliphatic hydroxyl groups is 2. The summed E-state index contributed by atoms with van der Waals surface area (Å²) in [6.45, 7) is 13.4. The summed E-state index contributed by atoms with van der Waals surface area (Å²) < 4.78 is 10.7. The highest BCUT2D eigenvalue weighted by Gasteiger charge is 2.62. The molecule has 0 aromatic rings. The minimum absolute atomic E-state index is 0.0811. The molecule has 1 aliphatic heterocycles. The number of rotatable bonds is 13. The lowest BCUT2D eigenvalue weighted by Crippen LogP contribution is -2.45. The van der Waals surface area contributed by atoms with Gasteiger partial charge in [-0.1, -0.05) is 26.5 Å². The standard InChI is InChI=1S/C21H32O7/c1-7-9-12(3)20-21(6,28-20)19(26)16(11-27-14(5)22)18(25)13(4)17(24)10-15(23)8-2/h7,12,16-17,19-20,24,26H,1,4,8-11H2,2-3,5-6H3/t12-,16-,17?,19-,20+,21?/m0/s1. The molecule has 0 bridgehead atoms. The van der Waals surface area contributed by atoms with Gasteiger partial charge in [0.15, 0.2) is 5.78 Å². The predicted molar refractivity (Wildman–Crippen MR) is 103 cm³/mol. The molecule has 2 unspecified atom stereocenters. The molecule has 0 amide bonds. The largest absolute Gasteiger partial charge is 0.465 e. The Morgan fingerprint density at radius 1 is 1.32 bits per heavy atom. The summed E-state index contributed by atoms with van der Waals surface area (Å²) >= 11 is 0. The molecule has 0 aliphatic carbocycles. The van der Waals surface area contributed by atoms with Gasteiger partial charge in [-0.15, -0.1) is 6.58 Å². The van der Waals surface area contributed by atoms with Crippen LogP contribution in [0.5, 0.6) is 0 Å². The summed E-state index contributed by atoms with van der Waals surface area (Å²) in [6.07, 6.45) is -0.480. The minimum Gasteiger partial charge on any atom is -0.465 e. The molecule has 0 aromatic carbocycles. The Hall–Kier alpha value is -1.83. The number of ether oxygens (including phenoxy) is 2. The quantitative estimate of drug-likeness (QED) is 0.211. The predicted octanol–water partition coefficient (Wildman–Crippen LogP) is 1.75. The van der Waals surface area contributed by atoms with E-state index < -0.39 is 35.5 Å². The van der Waals surface area contributed by atoms with E-state index in [2.05, 4.69) is 13.2 Å². The lowest BCUT2D eigenvalue weighted by molar-refractivity contribution is -0.146. The number of aliphatic hydroxyl groups excluding tert-OH is 2. The van der Waals surface area contributed by atoms with Crippen molar-refractivity contribution in [2.24, 2.45) is 11.8 Å². The van der Waals surface area contributed by atoms with Crippen LogP contribution >= 0.6 is 0 Å². The van der Waals surface area contributed by atoms with E-state index in [-0.39, 0.29) is 42.8 Å². The van der Waals surface area contributed by atoms with Gasteiger partial charge in [0.25, 0.3) is 0 Å². The van der Waals surface area contributed by atoms with Gasteiger partial charge in [0.05, 0.1) is 24.2 Å². The molecule has 0 saturated carbocycles. The Balaban J connectivity index is 2.97. The van der Waals surface area contributed by atoms with Crippen LogP contribution in [-0.4, -0.2) is 58.3 Å². The van der Waals surface area contributed by atoms with Crippen LogP contribution < -0.4 is 0 Å². The third kappa shape index (κ3) is 5.83. The molecule has 158 valence electrons. The average molecular weight is 396 g/mol. The summed E-state index contributed by atoms with van der Waals surface area (Å²) in [6, 6.07) is 0. The Morgan fingerprint density at radius 2 is 1.93 bits per heavy atom. The summed E-state index contributed by atoms with van der Waals surface area (Å²) in [7, 11) is 0. The van der Waals surface area contributed by atoms with Crippen molar-refractivity contribution in [3.63, 3.8) is 0 Å². The third-order valence-electron chi connectivity index (χ3n) is 5.25. The van der Waals surface area contributed by atoms with Gasteiger partial charge in [0, 0.05) is 25.3 Å². The first-order valence-corrected chi connectivity index (χ1v) is 9.52. The second kappa shape index (κ2) is 10.1. The zero-order valence-corrected chi connectivity index (χ0v) is 17.1. The number of esters is 1. The molecule has 2 N–H and O–H groups in total. The van der Waals surface area contributed by atoms with Crippen LogP contribution in [0, 0.1) is 11.8 Å². The molecule has 1 aliphatic rings. The van der Waals surface area contributed by atoms with E-state index in [0.29, 0.717) is 6.42 Å². The van der Waals surface area contributed by atoms with E-state index in [0.717, 1.165) is 0 Å². The molecule has 1 heterocycles. The third-order valence-corrected chi connectivity index (χ3v) is 5.25. The maximum Gasteiger partial charge on any atom is 0.302 e. The Bertz CT molecular complexity index is 626. The highest BCUT2D eigenvalue weighted by Crippen LogP contribution is 2.47. The SMILES string of the molecule is C=CC[C@H](C)[C@H]1OC1(C)[C@@H](O)[C@@H](COC(C)=O)C(=O)C(=C)C(O)CC(=O)CC. The fraction of sp³-hybridized carbons (Fsp3) is 0.667. The second-order valence-corrected chi connectivity index (χ2v) is 7.58. The number of carbonyl (C=O) groups is 3. The Morgan fingerprint density at radius 3 is 2.43 bits per heavy atom.